The molecule has 0 radical (unpaired) electrons. The smallest absolute Gasteiger partial charge is 0.337 e. The third-order valence-corrected chi connectivity index (χ3v) is 2.26. The van der Waals surface area contributed by atoms with Crippen molar-refractivity contribution in [2.45, 2.75) is 6.43 Å². The highest BCUT2D eigenvalue weighted by Gasteiger charge is 2.17. The molecule has 0 atom stereocenters. The van der Waals surface area contributed by atoms with Gasteiger partial charge in [-0.05, 0) is 12.1 Å². The third kappa shape index (κ3) is 3.30. The van der Waals surface area contributed by atoms with Gasteiger partial charge in [0.1, 0.15) is 5.75 Å². The quantitative estimate of drug-likeness (QED) is 0.863. The van der Waals surface area contributed by atoms with Gasteiger partial charge in [-0.2, -0.15) is 0 Å². The molecule has 1 aromatic rings. The zero-order valence-electron chi connectivity index (χ0n) is 9.48. The van der Waals surface area contributed by atoms with E-state index in [0.29, 0.717) is 5.75 Å². The van der Waals surface area contributed by atoms with Crippen LogP contribution in [0, 0.1) is 0 Å². The van der Waals surface area contributed by atoms with Gasteiger partial charge in [-0.25, -0.2) is 13.6 Å². The van der Waals surface area contributed by atoms with Crippen molar-refractivity contribution in [3.63, 3.8) is 0 Å². The molecule has 0 spiro atoms. The Morgan fingerprint density at radius 3 is 2.65 bits per heavy atom. The molecule has 0 saturated carbocycles. The number of aromatic carboxylic acids is 1. The topological polar surface area (TPSA) is 49.8 Å². The van der Waals surface area contributed by atoms with Gasteiger partial charge >= 0.3 is 5.97 Å². The summed E-state index contributed by atoms with van der Waals surface area (Å²) in [6.07, 6.45) is -2.53. The Morgan fingerprint density at radius 1 is 1.53 bits per heavy atom. The van der Waals surface area contributed by atoms with E-state index < -0.39 is 18.9 Å². The molecule has 1 aromatic carbocycles. The summed E-state index contributed by atoms with van der Waals surface area (Å²) in [5, 5.41) is 8.96. The minimum absolute atomic E-state index is 0.0334. The molecule has 4 nitrogen and oxygen atoms in total. The summed E-state index contributed by atoms with van der Waals surface area (Å²) in [6, 6.07) is 4.23. The number of carbonyl (C=O) groups is 1. The molecule has 0 unspecified atom stereocenters. The maximum atomic E-state index is 12.3. The lowest BCUT2D eigenvalue weighted by Crippen LogP contribution is -2.25. The first-order valence-electron chi connectivity index (χ1n) is 4.86. The first-order valence-corrected chi connectivity index (χ1v) is 4.86. The minimum Gasteiger partial charge on any atom is -0.497 e. The maximum Gasteiger partial charge on any atom is 0.337 e. The van der Waals surface area contributed by atoms with Crippen molar-refractivity contribution < 1.29 is 23.4 Å². The standard InChI is InChI=1S/C11H13F2NO3/c1-14(6-10(12)13)9-5-7(17-2)3-4-8(9)11(15)16/h3-5,10H,6H2,1-2H3,(H,15,16). The molecule has 0 aliphatic rings. The van der Waals surface area contributed by atoms with Crippen molar-refractivity contribution in [2.75, 3.05) is 25.6 Å². The number of ether oxygens (including phenoxy) is 1. The Bertz CT molecular complexity index is 410. The van der Waals surface area contributed by atoms with Gasteiger partial charge in [0.05, 0.1) is 24.9 Å². The molecule has 94 valence electrons. The number of carboxylic acid groups (broad SMARTS) is 1. The number of halogens is 2. The van der Waals surface area contributed by atoms with Gasteiger partial charge < -0.3 is 14.7 Å². The molecule has 17 heavy (non-hydrogen) atoms. The molecule has 0 aliphatic carbocycles. The van der Waals surface area contributed by atoms with Gasteiger partial charge in [0.25, 0.3) is 6.43 Å². The largest absolute Gasteiger partial charge is 0.497 e. The Labute approximate surface area is 97.4 Å². The first kappa shape index (κ1) is 13.2. The van der Waals surface area contributed by atoms with Crippen LogP contribution >= 0.6 is 0 Å². The normalized spacial score (nSPS) is 10.4. The number of alkyl halides is 2. The molecule has 6 heteroatoms. The highest BCUT2D eigenvalue weighted by atomic mass is 19.3. The van der Waals surface area contributed by atoms with Crippen LogP contribution in [0.3, 0.4) is 0 Å². The SMILES string of the molecule is COc1ccc(C(=O)O)c(N(C)CC(F)F)c1. The average molecular weight is 245 g/mol. The van der Waals surface area contributed by atoms with Crippen molar-refractivity contribution >= 4 is 11.7 Å². The van der Waals surface area contributed by atoms with Crippen LogP contribution < -0.4 is 9.64 Å². The van der Waals surface area contributed by atoms with E-state index in [-0.39, 0.29) is 11.3 Å². The Hall–Kier alpha value is -1.85. The highest BCUT2D eigenvalue weighted by Crippen LogP contribution is 2.25. The van der Waals surface area contributed by atoms with Crippen molar-refractivity contribution in [1.29, 1.82) is 0 Å². The summed E-state index contributed by atoms with van der Waals surface area (Å²) in [5.74, 6) is -0.741. The van der Waals surface area contributed by atoms with Crippen molar-refractivity contribution in [3.05, 3.63) is 23.8 Å². The van der Waals surface area contributed by atoms with Crippen LogP contribution in [-0.4, -0.2) is 38.2 Å². The summed E-state index contributed by atoms with van der Waals surface area (Å²) in [5.41, 5.74) is 0.172. The van der Waals surface area contributed by atoms with Crippen LogP contribution in [0.15, 0.2) is 18.2 Å². The molecule has 0 aliphatic heterocycles. The molecule has 1 rings (SSSR count). The van der Waals surface area contributed by atoms with Gasteiger partial charge in [0.15, 0.2) is 0 Å². The van der Waals surface area contributed by atoms with E-state index in [1.807, 2.05) is 0 Å². The second-order valence-corrected chi connectivity index (χ2v) is 3.46. The molecule has 0 amide bonds. The molecular weight excluding hydrogens is 232 g/mol. The van der Waals surface area contributed by atoms with Crippen molar-refractivity contribution in [1.82, 2.24) is 0 Å². The van der Waals surface area contributed by atoms with E-state index in [0.717, 1.165) is 0 Å². The summed E-state index contributed by atoms with van der Waals surface area (Å²) in [7, 11) is 2.83. The fraction of sp³-hybridized carbons (Fsp3) is 0.364. The fourth-order valence-electron chi connectivity index (χ4n) is 1.44. The van der Waals surface area contributed by atoms with Gasteiger partial charge in [-0.1, -0.05) is 0 Å². The van der Waals surface area contributed by atoms with Crippen molar-refractivity contribution in [2.24, 2.45) is 0 Å². The number of anilines is 1. The molecule has 0 bridgehead atoms. The lowest BCUT2D eigenvalue weighted by atomic mass is 10.1. The molecular formula is C11H13F2NO3. The summed E-state index contributed by atoms with van der Waals surface area (Å²) in [6.45, 7) is -0.534. The van der Waals surface area contributed by atoms with E-state index in [4.69, 9.17) is 9.84 Å². The van der Waals surface area contributed by atoms with Gasteiger partial charge in [-0.15, -0.1) is 0 Å². The maximum absolute atomic E-state index is 12.3. The van der Waals surface area contributed by atoms with E-state index in [9.17, 15) is 13.6 Å². The van der Waals surface area contributed by atoms with E-state index in [1.54, 1.807) is 0 Å². The highest BCUT2D eigenvalue weighted by molar-refractivity contribution is 5.94. The van der Waals surface area contributed by atoms with Crippen LogP contribution in [0.1, 0.15) is 10.4 Å². The number of carboxylic acids is 1. The van der Waals surface area contributed by atoms with Crippen LogP contribution in [0.5, 0.6) is 5.75 Å². The van der Waals surface area contributed by atoms with E-state index in [2.05, 4.69) is 0 Å². The number of benzene rings is 1. The monoisotopic (exact) mass is 245 g/mol. The lowest BCUT2D eigenvalue weighted by molar-refractivity contribution is 0.0697. The molecule has 0 fully saturated rings. The second-order valence-electron chi connectivity index (χ2n) is 3.46. The zero-order chi connectivity index (χ0) is 13.0. The van der Waals surface area contributed by atoms with E-state index >= 15 is 0 Å². The average Bonchev–Trinajstić information content (AvgIpc) is 2.27. The summed E-state index contributed by atoms with van der Waals surface area (Å²) in [4.78, 5) is 12.1. The second kappa shape index (κ2) is 5.47. The Balaban J connectivity index is 3.12. The van der Waals surface area contributed by atoms with Crippen LogP contribution in [0.4, 0.5) is 14.5 Å². The van der Waals surface area contributed by atoms with Crippen LogP contribution in [0.25, 0.3) is 0 Å². The summed E-state index contributed by atoms with van der Waals surface area (Å²) < 4.78 is 29.5. The predicted molar refractivity (Wildman–Crippen MR) is 59.2 cm³/mol. The zero-order valence-corrected chi connectivity index (χ0v) is 9.48. The van der Waals surface area contributed by atoms with Crippen LogP contribution in [0.2, 0.25) is 0 Å². The third-order valence-electron chi connectivity index (χ3n) is 2.26. The number of methoxy groups -OCH3 is 1. The van der Waals surface area contributed by atoms with Gasteiger partial charge in [0, 0.05) is 13.1 Å². The number of nitrogens with zero attached hydrogens (tertiary/aromatic N) is 1. The lowest BCUT2D eigenvalue weighted by Gasteiger charge is -2.21. The number of hydrogen-bond acceptors (Lipinski definition) is 3. The molecule has 0 saturated heterocycles. The Kier molecular flexibility index (Phi) is 4.25. The number of rotatable bonds is 5. The summed E-state index contributed by atoms with van der Waals surface area (Å²) >= 11 is 0. The molecule has 1 N–H and O–H groups in total. The van der Waals surface area contributed by atoms with Crippen molar-refractivity contribution in [3.8, 4) is 5.75 Å². The number of hydrogen-bond donors (Lipinski definition) is 1. The Morgan fingerprint density at radius 2 is 2.18 bits per heavy atom. The first-order chi connectivity index (χ1) is 7.95. The van der Waals surface area contributed by atoms with Gasteiger partial charge in [0.2, 0.25) is 0 Å². The minimum atomic E-state index is -2.53. The molecule has 0 heterocycles. The predicted octanol–water partition coefficient (Wildman–Crippen LogP) is 2.09. The molecule has 0 aromatic heterocycles. The van der Waals surface area contributed by atoms with Gasteiger partial charge in [-0.3, -0.25) is 0 Å². The van der Waals surface area contributed by atoms with E-state index in [1.165, 1.54) is 37.3 Å². The fourth-order valence-corrected chi connectivity index (χ4v) is 1.44. The van der Waals surface area contributed by atoms with Crippen LogP contribution in [-0.2, 0) is 0 Å².